The summed E-state index contributed by atoms with van der Waals surface area (Å²) in [4.78, 5) is 15.2. The molecule has 260 valence electrons. The Morgan fingerprint density at radius 1 is 0.913 bits per heavy atom. The van der Waals surface area contributed by atoms with Crippen LogP contribution in [0.15, 0.2) is 30.3 Å². The van der Waals surface area contributed by atoms with Gasteiger partial charge in [0.2, 0.25) is 0 Å². The zero-order valence-corrected chi connectivity index (χ0v) is 29.4. The maximum absolute atomic E-state index is 13.2. The summed E-state index contributed by atoms with van der Waals surface area (Å²) in [5.74, 6) is 2.11. The van der Waals surface area contributed by atoms with Gasteiger partial charge in [-0.3, -0.25) is 0 Å². The van der Waals surface area contributed by atoms with Crippen molar-refractivity contribution < 1.29 is 24.9 Å². The molecule has 1 aromatic rings. The highest BCUT2D eigenvalue weighted by molar-refractivity contribution is 5.67. The van der Waals surface area contributed by atoms with Crippen molar-refractivity contribution in [3.8, 4) is 0 Å². The van der Waals surface area contributed by atoms with Crippen molar-refractivity contribution in [2.24, 2.45) is 46.3 Å². The van der Waals surface area contributed by atoms with Crippen LogP contribution in [0.25, 0.3) is 0 Å². The SMILES string of the molecule is CCCCCCCCN(CCCC(C)[C@H]1CC[C@H]2C3[C@H](O)C[C@@H]4C[C@H](O)CC[C@]4(C)[C@H]3C[C@H](O)[C@]12C)C(=O)OCc1ccccc1. The molecule has 1 amide bonds. The minimum atomic E-state index is -0.361. The molecule has 0 aromatic heterocycles. The molecule has 1 aromatic carbocycles. The Morgan fingerprint density at radius 2 is 1.63 bits per heavy atom. The zero-order chi connectivity index (χ0) is 32.9. The largest absolute Gasteiger partial charge is 0.445 e. The molecular weight excluding hydrogens is 574 g/mol. The number of ether oxygens (including phenoxy) is 1. The van der Waals surface area contributed by atoms with E-state index in [4.69, 9.17) is 4.74 Å². The molecule has 2 unspecified atom stereocenters. The number of carbonyl (C=O) groups is 1. The third-order valence-corrected chi connectivity index (χ3v) is 13.9. The minimum Gasteiger partial charge on any atom is -0.445 e. The number of fused-ring (bicyclic) bond motifs is 5. The molecule has 6 heteroatoms. The fourth-order valence-corrected chi connectivity index (χ4v) is 11.1. The van der Waals surface area contributed by atoms with Crippen LogP contribution in [0.5, 0.6) is 0 Å². The molecule has 5 rings (SSSR count). The molecule has 0 bridgehead atoms. The molecule has 0 saturated heterocycles. The van der Waals surface area contributed by atoms with Gasteiger partial charge in [0.1, 0.15) is 6.61 Å². The second kappa shape index (κ2) is 15.7. The Morgan fingerprint density at radius 3 is 2.39 bits per heavy atom. The van der Waals surface area contributed by atoms with Crippen molar-refractivity contribution in [2.45, 2.75) is 149 Å². The Labute approximate surface area is 279 Å². The van der Waals surface area contributed by atoms with Crippen molar-refractivity contribution in [1.29, 1.82) is 0 Å². The van der Waals surface area contributed by atoms with Crippen LogP contribution in [0.4, 0.5) is 4.79 Å². The van der Waals surface area contributed by atoms with Crippen LogP contribution in [-0.4, -0.2) is 57.7 Å². The summed E-state index contributed by atoms with van der Waals surface area (Å²) in [6.07, 6.45) is 14.4. The van der Waals surface area contributed by atoms with Crippen LogP contribution < -0.4 is 0 Å². The summed E-state index contributed by atoms with van der Waals surface area (Å²) in [5, 5.41) is 34.0. The number of benzene rings is 1. The second-order valence-electron chi connectivity index (χ2n) is 16.4. The highest BCUT2D eigenvalue weighted by Gasteiger charge is 2.65. The molecule has 3 N–H and O–H groups in total. The summed E-state index contributed by atoms with van der Waals surface area (Å²) >= 11 is 0. The number of carbonyl (C=O) groups excluding carboxylic acids is 1. The topological polar surface area (TPSA) is 90.2 Å². The molecule has 11 atom stereocenters. The maximum atomic E-state index is 13.2. The second-order valence-corrected chi connectivity index (χ2v) is 16.4. The molecule has 0 spiro atoms. The van der Waals surface area contributed by atoms with Gasteiger partial charge in [0.15, 0.2) is 0 Å². The van der Waals surface area contributed by atoms with Gasteiger partial charge in [-0.25, -0.2) is 4.79 Å². The van der Waals surface area contributed by atoms with Crippen LogP contribution >= 0.6 is 0 Å². The summed E-state index contributed by atoms with van der Waals surface area (Å²) < 4.78 is 5.77. The molecule has 4 aliphatic rings. The number of hydrogen-bond donors (Lipinski definition) is 3. The summed E-state index contributed by atoms with van der Waals surface area (Å²) in [7, 11) is 0. The van der Waals surface area contributed by atoms with Crippen LogP contribution in [-0.2, 0) is 11.3 Å². The van der Waals surface area contributed by atoms with Crippen molar-refractivity contribution >= 4 is 6.09 Å². The first kappa shape index (κ1) is 35.7. The zero-order valence-electron chi connectivity index (χ0n) is 29.4. The Hall–Kier alpha value is -1.63. The van der Waals surface area contributed by atoms with Crippen LogP contribution in [0, 0.1) is 46.3 Å². The number of amides is 1. The van der Waals surface area contributed by atoms with E-state index in [1.54, 1.807) is 0 Å². The first-order chi connectivity index (χ1) is 22.1. The highest BCUT2D eigenvalue weighted by Crippen LogP contribution is 2.68. The quantitative estimate of drug-likeness (QED) is 0.178. The predicted octanol–water partition coefficient (Wildman–Crippen LogP) is 8.36. The van der Waals surface area contributed by atoms with E-state index in [9.17, 15) is 20.1 Å². The Kier molecular flexibility index (Phi) is 12.2. The van der Waals surface area contributed by atoms with Crippen molar-refractivity contribution in [3.05, 3.63) is 35.9 Å². The molecule has 0 heterocycles. The fraction of sp³-hybridized carbons (Fsp3) is 0.825. The smallest absolute Gasteiger partial charge is 0.410 e. The molecule has 0 radical (unpaired) electrons. The monoisotopic (exact) mass is 639 g/mol. The molecule has 0 aliphatic heterocycles. The van der Waals surface area contributed by atoms with Gasteiger partial charge in [0.05, 0.1) is 18.3 Å². The lowest BCUT2D eigenvalue weighted by atomic mass is 9.43. The maximum Gasteiger partial charge on any atom is 0.410 e. The van der Waals surface area contributed by atoms with E-state index in [0.717, 1.165) is 82.7 Å². The van der Waals surface area contributed by atoms with E-state index in [1.807, 2.05) is 35.2 Å². The first-order valence-electron chi connectivity index (χ1n) is 19.1. The van der Waals surface area contributed by atoms with Gasteiger partial charge in [-0.2, -0.15) is 0 Å². The van der Waals surface area contributed by atoms with Gasteiger partial charge in [-0.1, -0.05) is 90.1 Å². The molecule has 46 heavy (non-hydrogen) atoms. The summed E-state index contributed by atoms with van der Waals surface area (Å²) in [5.41, 5.74) is 0.921. The predicted molar refractivity (Wildman–Crippen MR) is 184 cm³/mol. The Bertz CT molecular complexity index is 1100. The van der Waals surface area contributed by atoms with Crippen molar-refractivity contribution in [2.75, 3.05) is 13.1 Å². The average Bonchev–Trinajstić information content (AvgIpc) is 3.40. The number of hydrogen-bond acceptors (Lipinski definition) is 5. The Balaban J connectivity index is 1.19. The summed E-state index contributed by atoms with van der Waals surface area (Å²) in [6.45, 7) is 11.1. The third-order valence-electron chi connectivity index (χ3n) is 13.9. The molecule has 4 fully saturated rings. The molecule has 6 nitrogen and oxygen atoms in total. The lowest BCUT2D eigenvalue weighted by molar-refractivity contribution is -0.207. The first-order valence-corrected chi connectivity index (χ1v) is 19.1. The van der Waals surface area contributed by atoms with E-state index < -0.39 is 0 Å². The van der Waals surface area contributed by atoms with Gasteiger partial charge in [-0.05, 0) is 116 Å². The van der Waals surface area contributed by atoms with E-state index >= 15 is 0 Å². The number of aliphatic hydroxyl groups excluding tert-OH is 3. The highest BCUT2D eigenvalue weighted by atomic mass is 16.6. The van der Waals surface area contributed by atoms with Crippen molar-refractivity contribution in [1.82, 2.24) is 4.90 Å². The third kappa shape index (κ3) is 7.49. The standard InChI is InChI=1S/C40H65NO5/c1-5-6-7-8-9-13-22-41(38(45)46-27-29-16-11-10-12-17-29)23-14-15-28(2)32-18-19-33-37-34(26-36(44)40(32,33)4)39(3)21-20-31(42)24-30(39)25-35(37)43/h10-12,16-17,28,30-37,42-44H,5-9,13-15,18-27H2,1-4H3/t28?,30-,31+,32+,33-,34-,35+,36-,37?,39-,40+/m0/s1. The minimum absolute atomic E-state index is 0.101. The molecular formula is C40H65NO5. The normalized spacial score (nSPS) is 37.5. The van der Waals surface area contributed by atoms with Gasteiger partial charge in [0, 0.05) is 13.1 Å². The van der Waals surface area contributed by atoms with Gasteiger partial charge in [-0.15, -0.1) is 0 Å². The molecule has 4 aliphatic carbocycles. The number of nitrogens with zero attached hydrogens (tertiary/aromatic N) is 1. The van der Waals surface area contributed by atoms with Crippen LogP contribution in [0.3, 0.4) is 0 Å². The lowest BCUT2D eigenvalue weighted by Crippen LogP contribution is -2.62. The van der Waals surface area contributed by atoms with Crippen molar-refractivity contribution in [3.63, 3.8) is 0 Å². The summed E-state index contributed by atoms with van der Waals surface area (Å²) in [6, 6.07) is 9.92. The van der Waals surface area contributed by atoms with E-state index in [0.29, 0.717) is 42.7 Å². The number of aliphatic hydroxyl groups is 3. The lowest BCUT2D eigenvalue weighted by Gasteiger charge is -2.63. The van der Waals surface area contributed by atoms with E-state index in [2.05, 4.69) is 27.7 Å². The van der Waals surface area contributed by atoms with E-state index in [-0.39, 0.29) is 41.2 Å². The van der Waals surface area contributed by atoms with Gasteiger partial charge >= 0.3 is 6.09 Å². The van der Waals surface area contributed by atoms with E-state index in [1.165, 1.54) is 25.7 Å². The average molecular weight is 640 g/mol. The van der Waals surface area contributed by atoms with Crippen LogP contribution in [0.2, 0.25) is 0 Å². The van der Waals surface area contributed by atoms with Crippen LogP contribution in [0.1, 0.15) is 130 Å². The number of rotatable bonds is 14. The molecule has 4 saturated carbocycles. The fourth-order valence-electron chi connectivity index (χ4n) is 11.1. The van der Waals surface area contributed by atoms with Gasteiger partial charge < -0.3 is 25.0 Å². The van der Waals surface area contributed by atoms with Gasteiger partial charge in [0.25, 0.3) is 0 Å². The number of unbranched alkanes of at least 4 members (excludes halogenated alkanes) is 5.